The summed E-state index contributed by atoms with van der Waals surface area (Å²) in [5, 5.41) is 12.5. The fourth-order valence-electron chi connectivity index (χ4n) is 3.94. The van der Waals surface area contributed by atoms with E-state index in [4.69, 9.17) is 0 Å². The average Bonchev–Trinajstić information content (AvgIpc) is 3.32. The lowest BCUT2D eigenvalue weighted by Gasteiger charge is -2.21. The zero-order valence-corrected chi connectivity index (χ0v) is 19.6. The van der Waals surface area contributed by atoms with E-state index < -0.39 is 6.04 Å². The van der Waals surface area contributed by atoms with Crippen LogP contribution in [0.3, 0.4) is 0 Å². The zero-order chi connectivity index (χ0) is 23.9. The van der Waals surface area contributed by atoms with Gasteiger partial charge in [-0.2, -0.15) is 5.10 Å². The Morgan fingerprint density at radius 2 is 1.65 bits per heavy atom. The van der Waals surface area contributed by atoms with E-state index in [9.17, 15) is 9.59 Å². The van der Waals surface area contributed by atoms with Crippen LogP contribution < -0.4 is 10.6 Å². The lowest BCUT2D eigenvalue weighted by atomic mass is 10.0. The molecule has 1 aromatic heterocycles. The monoisotopic (exact) mass is 454 g/mol. The molecule has 0 fully saturated rings. The highest BCUT2D eigenvalue weighted by Crippen LogP contribution is 2.16. The third-order valence-electron chi connectivity index (χ3n) is 5.81. The molecular weight excluding hydrogens is 424 g/mol. The molecule has 34 heavy (non-hydrogen) atoms. The molecule has 1 atom stereocenters. The Labute approximate surface area is 200 Å². The summed E-state index contributed by atoms with van der Waals surface area (Å²) in [7, 11) is 0. The van der Waals surface area contributed by atoms with Crippen molar-refractivity contribution >= 4 is 22.6 Å². The highest BCUT2D eigenvalue weighted by atomic mass is 16.2. The van der Waals surface area contributed by atoms with Crippen LogP contribution in [0.4, 0.5) is 0 Å². The van der Waals surface area contributed by atoms with Crippen LogP contribution in [-0.4, -0.2) is 34.2 Å². The fourth-order valence-corrected chi connectivity index (χ4v) is 3.94. The molecule has 0 radical (unpaired) electrons. The predicted molar refractivity (Wildman–Crippen MR) is 135 cm³/mol. The van der Waals surface area contributed by atoms with Gasteiger partial charge >= 0.3 is 0 Å². The molecule has 0 aliphatic rings. The molecule has 6 nitrogen and oxygen atoms in total. The third kappa shape index (κ3) is 5.90. The quantitative estimate of drug-likeness (QED) is 0.400. The second-order valence-corrected chi connectivity index (χ2v) is 8.82. The minimum atomic E-state index is -0.583. The number of carbonyl (C=O) groups excluding carboxylic acids is 2. The Morgan fingerprint density at radius 3 is 2.41 bits per heavy atom. The van der Waals surface area contributed by atoms with Gasteiger partial charge in [0.1, 0.15) is 6.04 Å². The number of rotatable bonds is 9. The van der Waals surface area contributed by atoms with Crippen molar-refractivity contribution in [1.82, 2.24) is 20.4 Å². The first-order chi connectivity index (χ1) is 16.5. The van der Waals surface area contributed by atoms with Crippen LogP contribution >= 0.6 is 0 Å². The summed E-state index contributed by atoms with van der Waals surface area (Å²) in [5.41, 5.74) is 2.95. The van der Waals surface area contributed by atoms with Crippen LogP contribution in [-0.2, 0) is 22.4 Å². The molecule has 174 valence electrons. The van der Waals surface area contributed by atoms with E-state index >= 15 is 0 Å². The predicted octanol–water partition coefficient (Wildman–Crippen LogP) is 4.07. The van der Waals surface area contributed by atoms with Crippen molar-refractivity contribution in [3.63, 3.8) is 0 Å². The Morgan fingerprint density at radius 1 is 0.912 bits per heavy atom. The highest BCUT2D eigenvalue weighted by molar-refractivity contribution is 5.89. The molecular formula is C28H30N4O2. The van der Waals surface area contributed by atoms with Crippen LogP contribution in [0.1, 0.15) is 25.0 Å². The topological polar surface area (TPSA) is 76.0 Å². The molecule has 2 N–H and O–H groups in total. The first kappa shape index (κ1) is 23.2. The Bertz CT molecular complexity index is 1260. The number of aromatic nitrogens is 2. The minimum Gasteiger partial charge on any atom is -0.354 e. The Balaban J connectivity index is 1.29. The third-order valence-corrected chi connectivity index (χ3v) is 5.81. The van der Waals surface area contributed by atoms with Gasteiger partial charge in [0.25, 0.3) is 0 Å². The summed E-state index contributed by atoms with van der Waals surface area (Å²) in [6, 6.07) is 23.4. The molecule has 0 bridgehead atoms. The van der Waals surface area contributed by atoms with Crippen molar-refractivity contribution in [3.05, 3.63) is 96.3 Å². The summed E-state index contributed by atoms with van der Waals surface area (Å²) < 4.78 is 1.82. The second kappa shape index (κ2) is 10.8. The number of para-hydroxylation sites is 1. The molecule has 4 aromatic rings. The smallest absolute Gasteiger partial charge is 0.242 e. The lowest BCUT2D eigenvalue weighted by molar-refractivity contribution is -0.129. The van der Waals surface area contributed by atoms with Gasteiger partial charge in [0.2, 0.25) is 11.8 Å². The Hall–Kier alpha value is -3.93. The largest absolute Gasteiger partial charge is 0.354 e. The summed E-state index contributed by atoms with van der Waals surface area (Å²) in [4.78, 5) is 25.5. The van der Waals surface area contributed by atoms with Gasteiger partial charge in [-0.1, -0.05) is 74.5 Å². The molecule has 2 amide bonds. The molecule has 3 aromatic carbocycles. The van der Waals surface area contributed by atoms with Crippen molar-refractivity contribution in [3.8, 4) is 5.69 Å². The van der Waals surface area contributed by atoms with Crippen molar-refractivity contribution in [1.29, 1.82) is 0 Å². The standard InChI is InChI=1S/C28H30N4O2/c1-20(2)27(31-26(33)17-21-12-13-23-8-6-7-9-24(23)16-21)28(34)29-15-14-22-18-30-32(19-22)25-10-4-3-5-11-25/h3-13,16,18-20,27H,14-15,17H2,1-2H3,(H,29,34)(H,31,33). The molecule has 0 aliphatic carbocycles. The highest BCUT2D eigenvalue weighted by Gasteiger charge is 2.24. The number of hydrogen-bond donors (Lipinski definition) is 2. The van der Waals surface area contributed by atoms with Crippen LogP contribution in [0, 0.1) is 5.92 Å². The lowest BCUT2D eigenvalue weighted by Crippen LogP contribution is -2.50. The normalized spacial score (nSPS) is 12.0. The summed E-state index contributed by atoms with van der Waals surface area (Å²) in [6.07, 6.45) is 4.67. The van der Waals surface area contributed by atoms with Crippen molar-refractivity contribution in [2.75, 3.05) is 6.54 Å². The van der Waals surface area contributed by atoms with E-state index in [-0.39, 0.29) is 24.2 Å². The first-order valence-corrected chi connectivity index (χ1v) is 11.6. The molecule has 0 saturated heterocycles. The minimum absolute atomic E-state index is 0.0265. The summed E-state index contributed by atoms with van der Waals surface area (Å²) >= 11 is 0. The van der Waals surface area contributed by atoms with Gasteiger partial charge in [-0.05, 0) is 46.4 Å². The van der Waals surface area contributed by atoms with Crippen LogP contribution in [0.2, 0.25) is 0 Å². The van der Waals surface area contributed by atoms with Gasteiger partial charge < -0.3 is 10.6 Å². The van der Waals surface area contributed by atoms with E-state index in [1.807, 2.05) is 104 Å². The molecule has 1 unspecified atom stereocenters. The van der Waals surface area contributed by atoms with E-state index in [1.54, 1.807) is 0 Å². The number of nitrogens with one attached hydrogen (secondary N) is 2. The fraction of sp³-hybridized carbons (Fsp3) is 0.250. The van der Waals surface area contributed by atoms with Crippen LogP contribution in [0.25, 0.3) is 16.5 Å². The van der Waals surface area contributed by atoms with Crippen molar-refractivity contribution < 1.29 is 9.59 Å². The number of hydrogen-bond acceptors (Lipinski definition) is 3. The Kier molecular flexibility index (Phi) is 7.38. The number of fused-ring (bicyclic) bond motifs is 1. The van der Waals surface area contributed by atoms with E-state index in [0.29, 0.717) is 13.0 Å². The van der Waals surface area contributed by atoms with Gasteiger partial charge in [-0.15, -0.1) is 0 Å². The summed E-state index contributed by atoms with van der Waals surface area (Å²) in [5.74, 6) is -0.355. The first-order valence-electron chi connectivity index (χ1n) is 11.6. The van der Waals surface area contributed by atoms with Gasteiger partial charge in [0.15, 0.2) is 0 Å². The number of nitrogens with zero attached hydrogens (tertiary/aromatic N) is 2. The maximum atomic E-state index is 12.8. The van der Waals surface area contributed by atoms with Crippen LogP contribution in [0.5, 0.6) is 0 Å². The van der Waals surface area contributed by atoms with Crippen molar-refractivity contribution in [2.45, 2.75) is 32.7 Å². The molecule has 1 heterocycles. The molecule has 0 saturated carbocycles. The molecule has 4 rings (SSSR count). The number of benzene rings is 3. The maximum Gasteiger partial charge on any atom is 0.242 e. The number of amides is 2. The van der Waals surface area contributed by atoms with E-state index in [2.05, 4.69) is 15.7 Å². The molecule has 0 spiro atoms. The van der Waals surface area contributed by atoms with Gasteiger partial charge in [0, 0.05) is 12.7 Å². The van der Waals surface area contributed by atoms with Crippen LogP contribution in [0.15, 0.2) is 85.2 Å². The molecule has 0 aliphatic heterocycles. The van der Waals surface area contributed by atoms with Gasteiger partial charge in [-0.25, -0.2) is 4.68 Å². The molecule has 6 heteroatoms. The number of carbonyl (C=O) groups is 2. The second-order valence-electron chi connectivity index (χ2n) is 8.82. The van der Waals surface area contributed by atoms with Gasteiger partial charge in [0.05, 0.1) is 18.3 Å². The summed E-state index contributed by atoms with van der Waals surface area (Å²) in [6.45, 7) is 4.35. The van der Waals surface area contributed by atoms with Gasteiger partial charge in [-0.3, -0.25) is 9.59 Å². The SMILES string of the molecule is CC(C)C(NC(=O)Cc1ccc2ccccc2c1)C(=O)NCCc1cnn(-c2ccccc2)c1. The van der Waals surface area contributed by atoms with E-state index in [0.717, 1.165) is 27.6 Å². The zero-order valence-electron chi connectivity index (χ0n) is 19.6. The van der Waals surface area contributed by atoms with Crippen molar-refractivity contribution in [2.24, 2.45) is 5.92 Å². The average molecular weight is 455 g/mol. The maximum absolute atomic E-state index is 12.8. The van der Waals surface area contributed by atoms with E-state index in [1.165, 1.54) is 0 Å².